The molecule has 2 aromatic rings. The predicted octanol–water partition coefficient (Wildman–Crippen LogP) is 3.80. The zero-order valence-corrected chi connectivity index (χ0v) is 13.8. The highest BCUT2D eigenvalue weighted by molar-refractivity contribution is 6.30. The molecule has 2 aromatic carbocycles. The van der Waals surface area contributed by atoms with Gasteiger partial charge in [-0.25, -0.2) is 0 Å². The summed E-state index contributed by atoms with van der Waals surface area (Å²) in [7, 11) is 3.13. The third-order valence-electron chi connectivity index (χ3n) is 3.21. The maximum absolute atomic E-state index is 12.0. The van der Waals surface area contributed by atoms with E-state index < -0.39 is 0 Å². The molecule has 0 saturated carbocycles. The van der Waals surface area contributed by atoms with Crippen LogP contribution in [0.3, 0.4) is 0 Å². The Bertz CT molecular complexity index is 659. The van der Waals surface area contributed by atoms with Gasteiger partial charge in [0.1, 0.15) is 11.5 Å². The highest BCUT2D eigenvalue weighted by atomic mass is 35.5. The average molecular weight is 335 g/mol. The molecule has 1 amide bonds. The molecule has 0 aliphatic heterocycles. The second-order valence-corrected chi connectivity index (χ2v) is 5.23. The second-order valence-electron chi connectivity index (χ2n) is 4.80. The van der Waals surface area contributed by atoms with Gasteiger partial charge in [-0.15, -0.1) is 0 Å². The summed E-state index contributed by atoms with van der Waals surface area (Å²) in [6.45, 7) is 0.520. The highest BCUT2D eigenvalue weighted by Gasteiger charge is 2.08. The number of hydrogen-bond donors (Lipinski definition) is 2. The van der Waals surface area contributed by atoms with Crippen molar-refractivity contribution < 1.29 is 14.3 Å². The topological polar surface area (TPSA) is 59.6 Å². The van der Waals surface area contributed by atoms with Gasteiger partial charge in [0.25, 0.3) is 0 Å². The van der Waals surface area contributed by atoms with Crippen LogP contribution in [0.2, 0.25) is 5.02 Å². The van der Waals surface area contributed by atoms with Crippen molar-refractivity contribution >= 4 is 28.9 Å². The van der Waals surface area contributed by atoms with Crippen molar-refractivity contribution in [1.29, 1.82) is 0 Å². The molecule has 0 fully saturated rings. The van der Waals surface area contributed by atoms with E-state index in [2.05, 4.69) is 10.6 Å². The summed E-state index contributed by atoms with van der Waals surface area (Å²) in [5, 5.41) is 6.67. The lowest BCUT2D eigenvalue weighted by Crippen LogP contribution is -2.16. The standard InChI is InChI=1S/C17H19ClN2O3/c1-22-14-7-8-15(16(11-14)23-2)20-17(21)9-10-19-13-5-3-12(18)4-6-13/h3-8,11,19H,9-10H2,1-2H3,(H,20,21). The summed E-state index contributed by atoms with van der Waals surface area (Å²) in [6.07, 6.45) is 0.331. The number of benzene rings is 2. The summed E-state index contributed by atoms with van der Waals surface area (Å²) in [6, 6.07) is 12.6. The predicted molar refractivity (Wildman–Crippen MR) is 92.7 cm³/mol. The van der Waals surface area contributed by atoms with Crippen LogP contribution < -0.4 is 20.1 Å². The first-order valence-corrected chi connectivity index (χ1v) is 7.51. The van der Waals surface area contributed by atoms with Gasteiger partial charge in [0, 0.05) is 29.7 Å². The molecule has 6 heteroatoms. The van der Waals surface area contributed by atoms with E-state index in [1.54, 1.807) is 44.6 Å². The molecule has 23 heavy (non-hydrogen) atoms. The van der Waals surface area contributed by atoms with Gasteiger partial charge in [-0.3, -0.25) is 4.79 Å². The molecule has 2 N–H and O–H groups in total. The first kappa shape index (κ1) is 17.0. The minimum atomic E-state index is -0.102. The molecule has 0 aliphatic carbocycles. The molecule has 0 aliphatic rings. The molecule has 122 valence electrons. The van der Waals surface area contributed by atoms with Crippen LogP contribution in [0.15, 0.2) is 42.5 Å². The number of hydrogen-bond acceptors (Lipinski definition) is 4. The maximum atomic E-state index is 12.0. The Labute approximate surface area is 140 Å². The lowest BCUT2D eigenvalue weighted by Gasteiger charge is -2.12. The molecule has 0 saturated heterocycles. The minimum Gasteiger partial charge on any atom is -0.497 e. The average Bonchev–Trinajstić information content (AvgIpc) is 2.57. The minimum absolute atomic E-state index is 0.102. The van der Waals surface area contributed by atoms with Gasteiger partial charge in [-0.05, 0) is 36.4 Å². The van der Waals surface area contributed by atoms with E-state index in [4.69, 9.17) is 21.1 Å². The van der Waals surface area contributed by atoms with Crippen LogP contribution in [0, 0.1) is 0 Å². The van der Waals surface area contributed by atoms with Crippen molar-refractivity contribution in [3.05, 3.63) is 47.5 Å². The molecule has 0 heterocycles. The first-order valence-electron chi connectivity index (χ1n) is 7.13. The fraction of sp³-hybridized carbons (Fsp3) is 0.235. The lowest BCUT2D eigenvalue weighted by molar-refractivity contribution is -0.116. The van der Waals surface area contributed by atoms with Gasteiger partial charge in [-0.2, -0.15) is 0 Å². The van der Waals surface area contributed by atoms with E-state index in [-0.39, 0.29) is 5.91 Å². The SMILES string of the molecule is COc1ccc(NC(=O)CCNc2ccc(Cl)cc2)c(OC)c1. The Hall–Kier alpha value is -2.40. The number of halogens is 1. The number of methoxy groups -OCH3 is 2. The van der Waals surface area contributed by atoms with Crippen molar-refractivity contribution in [2.24, 2.45) is 0 Å². The molecule has 0 aromatic heterocycles. The molecule has 0 radical (unpaired) electrons. The van der Waals surface area contributed by atoms with Crippen molar-refractivity contribution in [2.75, 3.05) is 31.4 Å². The summed E-state index contributed by atoms with van der Waals surface area (Å²) < 4.78 is 10.4. The van der Waals surface area contributed by atoms with Crippen LogP contribution in [0.25, 0.3) is 0 Å². The molecular weight excluding hydrogens is 316 g/mol. The fourth-order valence-corrected chi connectivity index (χ4v) is 2.13. The van der Waals surface area contributed by atoms with Gasteiger partial charge in [-0.1, -0.05) is 11.6 Å². The number of carbonyl (C=O) groups excluding carboxylic acids is 1. The Balaban J connectivity index is 1.86. The van der Waals surface area contributed by atoms with Gasteiger partial charge in [0.05, 0.1) is 19.9 Å². The maximum Gasteiger partial charge on any atom is 0.226 e. The van der Waals surface area contributed by atoms with Crippen molar-refractivity contribution in [2.45, 2.75) is 6.42 Å². The lowest BCUT2D eigenvalue weighted by atomic mass is 10.2. The van der Waals surface area contributed by atoms with E-state index >= 15 is 0 Å². The van der Waals surface area contributed by atoms with Crippen LogP contribution in [-0.2, 0) is 4.79 Å². The second kappa shape index (κ2) is 8.29. The van der Waals surface area contributed by atoms with Crippen molar-refractivity contribution in [1.82, 2.24) is 0 Å². The van der Waals surface area contributed by atoms with Crippen LogP contribution in [0.5, 0.6) is 11.5 Å². The quantitative estimate of drug-likeness (QED) is 0.808. The fourth-order valence-electron chi connectivity index (χ4n) is 2.00. The van der Waals surface area contributed by atoms with Crippen LogP contribution >= 0.6 is 11.6 Å². The summed E-state index contributed by atoms with van der Waals surface area (Å²) >= 11 is 5.82. The van der Waals surface area contributed by atoms with Crippen molar-refractivity contribution in [3.63, 3.8) is 0 Å². The highest BCUT2D eigenvalue weighted by Crippen LogP contribution is 2.29. The summed E-state index contributed by atoms with van der Waals surface area (Å²) in [5.74, 6) is 1.13. The smallest absolute Gasteiger partial charge is 0.226 e. The number of rotatable bonds is 7. The molecule has 0 atom stereocenters. The summed E-state index contributed by atoms with van der Waals surface area (Å²) in [4.78, 5) is 12.0. The number of ether oxygens (including phenoxy) is 2. The van der Waals surface area contributed by atoms with Crippen LogP contribution in [-0.4, -0.2) is 26.7 Å². The molecule has 0 spiro atoms. The van der Waals surface area contributed by atoms with Gasteiger partial charge < -0.3 is 20.1 Å². The van der Waals surface area contributed by atoms with Gasteiger partial charge >= 0.3 is 0 Å². The molecule has 0 bridgehead atoms. The number of amides is 1. The largest absolute Gasteiger partial charge is 0.497 e. The van der Waals surface area contributed by atoms with Crippen LogP contribution in [0.1, 0.15) is 6.42 Å². The molecular formula is C17H19ClN2O3. The number of anilines is 2. The first-order chi connectivity index (χ1) is 11.1. The third-order valence-corrected chi connectivity index (χ3v) is 3.46. The Morgan fingerprint density at radius 2 is 1.83 bits per heavy atom. The Morgan fingerprint density at radius 3 is 2.48 bits per heavy atom. The zero-order chi connectivity index (χ0) is 16.7. The molecule has 0 unspecified atom stereocenters. The monoisotopic (exact) mass is 334 g/mol. The number of carbonyl (C=O) groups is 1. The van der Waals surface area contributed by atoms with Crippen molar-refractivity contribution in [3.8, 4) is 11.5 Å². The van der Waals surface area contributed by atoms with E-state index in [1.165, 1.54) is 0 Å². The Morgan fingerprint density at radius 1 is 1.09 bits per heavy atom. The van der Waals surface area contributed by atoms with E-state index in [9.17, 15) is 4.79 Å². The summed E-state index contributed by atoms with van der Waals surface area (Å²) in [5.41, 5.74) is 1.54. The number of nitrogens with one attached hydrogen (secondary N) is 2. The van der Waals surface area contributed by atoms with E-state index in [0.717, 1.165) is 5.69 Å². The zero-order valence-electron chi connectivity index (χ0n) is 13.1. The third kappa shape index (κ3) is 5.07. The normalized spacial score (nSPS) is 10.0. The molecule has 2 rings (SSSR count). The van der Waals surface area contributed by atoms with Crippen LogP contribution in [0.4, 0.5) is 11.4 Å². The Kier molecular flexibility index (Phi) is 6.11. The molecule has 5 nitrogen and oxygen atoms in total. The van der Waals surface area contributed by atoms with E-state index in [1.807, 2.05) is 12.1 Å². The van der Waals surface area contributed by atoms with Gasteiger partial charge in [0.2, 0.25) is 5.91 Å². The van der Waals surface area contributed by atoms with Gasteiger partial charge in [0.15, 0.2) is 0 Å². The van der Waals surface area contributed by atoms with E-state index in [0.29, 0.717) is 35.2 Å².